The topological polar surface area (TPSA) is 62.8 Å². The van der Waals surface area contributed by atoms with Crippen LogP contribution >= 0.6 is 11.3 Å². The molecular weight excluding hydrogens is 332 g/mol. The molecule has 1 N–H and O–H groups in total. The van der Waals surface area contributed by atoms with Gasteiger partial charge in [0.1, 0.15) is 5.69 Å². The molecule has 0 bridgehead atoms. The third-order valence-corrected chi connectivity index (χ3v) is 4.26. The van der Waals surface area contributed by atoms with Crippen LogP contribution in [0.15, 0.2) is 93.7 Å². The van der Waals surface area contributed by atoms with Crippen molar-refractivity contribution in [2.45, 2.75) is 0 Å². The van der Waals surface area contributed by atoms with Gasteiger partial charge in [-0.25, -0.2) is 4.98 Å². The van der Waals surface area contributed by atoms with Crippen molar-refractivity contribution in [3.63, 3.8) is 0 Å². The lowest BCUT2D eigenvalue weighted by Crippen LogP contribution is -1.88. The molecule has 0 aliphatic heterocycles. The van der Waals surface area contributed by atoms with Gasteiger partial charge >= 0.3 is 0 Å². The molecule has 6 heteroatoms. The van der Waals surface area contributed by atoms with Gasteiger partial charge in [-0.1, -0.05) is 47.7 Å². The fourth-order valence-corrected chi connectivity index (χ4v) is 3.06. The van der Waals surface area contributed by atoms with Gasteiger partial charge in [0.05, 0.1) is 12.0 Å². The summed E-state index contributed by atoms with van der Waals surface area (Å²) in [5.41, 5.74) is 2.43. The quantitative estimate of drug-likeness (QED) is 0.416. The highest BCUT2D eigenvalue weighted by Crippen LogP contribution is 2.40. The van der Waals surface area contributed by atoms with E-state index < -0.39 is 0 Å². The molecule has 0 unspecified atom stereocenters. The summed E-state index contributed by atoms with van der Waals surface area (Å²) in [5, 5.41) is 13.4. The zero-order valence-electron chi connectivity index (χ0n) is 13.2. The van der Waals surface area contributed by atoms with E-state index in [-0.39, 0.29) is 0 Å². The molecule has 4 rings (SSSR count). The number of nitrogens with zero attached hydrogens (tertiary/aromatic N) is 3. The molecule has 2 aromatic heterocycles. The number of anilines is 2. The number of benzene rings is 2. The van der Waals surface area contributed by atoms with Crippen LogP contribution in [-0.2, 0) is 0 Å². The van der Waals surface area contributed by atoms with Crippen molar-refractivity contribution in [2.24, 2.45) is 10.2 Å². The summed E-state index contributed by atoms with van der Waals surface area (Å²) in [6.45, 7) is 0. The molecule has 0 radical (unpaired) electrons. The normalized spacial score (nSPS) is 11.0. The number of azo groups is 1. The van der Waals surface area contributed by atoms with Crippen LogP contribution in [0.25, 0.3) is 11.5 Å². The molecule has 4 aromatic rings. The highest BCUT2D eigenvalue weighted by atomic mass is 32.1. The van der Waals surface area contributed by atoms with Gasteiger partial charge in [0.15, 0.2) is 15.9 Å². The molecule has 0 amide bonds. The number of thiazole rings is 1. The maximum absolute atomic E-state index is 5.49. The monoisotopic (exact) mass is 346 g/mol. The van der Waals surface area contributed by atoms with Crippen molar-refractivity contribution < 1.29 is 4.42 Å². The molecule has 0 fully saturated rings. The number of rotatable bonds is 5. The van der Waals surface area contributed by atoms with E-state index in [0.29, 0.717) is 16.5 Å². The van der Waals surface area contributed by atoms with E-state index in [1.165, 1.54) is 11.3 Å². The van der Waals surface area contributed by atoms with Crippen molar-refractivity contribution >= 4 is 32.8 Å². The molecule has 0 saturated heterocycles. The number of para-hydroxylation sites is 1. The van der Waals surface area contributed by atoms with E-state index in [2.05, 4.69) is 20.5 Å². The standard InChI is InChI=1S/C19H14N4OS/c1-3-8-14(9-4-1)20-19-21-17(16-12-7-13-24-16)18(25-19)23-22-15-10-5-2-6-11-15/h1-13H,(H,20,21). The van der Waals surface area contributed by atoms with Gasteiger partial charge in [0, 0.05) is 5.69 Å². The summed E-state index contributed by atoms with van der Waals surface area (Å²) in [7, 11) is 0. The molecule has 2 heterocycles. The molecule has 25 heavy (non-hydrogen) atoms. The van der Waals surface area contributed by atoms with Gasteiger partial charge in [-0.15, -0.1) is 10.2 Å². The molecular formula is C19H14N4OS. The summed E-state index contributed by atoms with van der Waals surface area (Å²) >= 11 is 1.43. The highest BCUT2D eigenvalue weighted by molar-refractivity contribution is 7.19. The van der Waals surface area contributed by atoms with Gasteiger partial charge in [-0.05, 0) is 36.4 Å². The van der Waals surface area contributed by atoms with Crippen LogP contribution in [0.4, 0.5) is 21.5 Å². The van der Waals surface area contributed by atoms with E-state index in [1.807, 2.05) is 72.8 Å². The van der Waals surface area contributed by atoms with Gasteiger partial charge in [0.25, 0.3) is 0 Å². The second kappa shape index (κ2) is 7.11. The van der Waals surface area contributed by atoms with Crippen molar-refractivity contribution in [1.29, 1.82) is 0 Å². The number of nitrogens with one attached hydrogen (secondary N) is 1. The Morgan fingerprint density at radius 1 is 0.840 bits per heavy atom. The SMILES string of the molecule is c1ccc(N=Nc2sc(Nc3ccccc3)nc2-c2ccco2)cc1. The van der Waals surface area contributed by atoms with E-state index in [0.717, 1.165) is 16.5 Å². The lowest BCUT2D eigenvalue weighted by atomic mass is 10.3. The average Bonchev–Trinajstić information content (AvgIpc) is 3.31. The summed E-state index contributed by atoms with van der Waals surface area (Å²) in [4.78, 5) is 4.62. The largest absolute Gasteiger partial charge is 0.463 e. The first-order valence-corrected chi connectivity index (χ1v) is 8.54. The smallest absolute Gasteiger partial charge is 0.189 e. The molecule has 5 nitrogen and oxygen atoms in total. The Balaban J connectivity index is 1.68. The fourth-order valence-electron chi connectivity index (χ4n) is 2.25. The second-order valence-corrected chi connectivity index (χ2v) is 6.15. The van der Waals surface area contributed by atoms with Crippen LogP contribution in [-0.4, -0.2) is 4.98 Å². The van der Waals surface area contributed by atoms with Crippen molar-refractivity contribution in [3.05, 3.63) is 79.1 Å². The van der Waals surface area contributed by atoms with Gasteiger partial charge in [0.2, 0.25) is 0 Å². The zero-order valence-corrected chi connectivity index (χ0v) is 14.0. The Bertz CT molecular complexity index is 963. The minimum absolute atomic E-state index is 0.666. The molecule has 0 saturated carbocycles. The number of hydrogen-bond acceptors (Lipinski definition) is 6. The van der Waals surface area contributed by atoms with E-state index >= 15 is 0 Å². The van der Waals surface area contributed by atoms with Crippen LogP contribution in [0.2, 0.25) is 0 Å². The van der Waals surface area contributed by atoms with Crippen LogP contribution < -0.4 is 5.32 Å². The Morgan fingerprint density at radius 3 is 2.32 bits per heavy atom. The van der Waals surface area contributed by atoms with Crippen molar-refractivity contribution in [2.75, 3.05) is 5.32 Å². The number of aromatic nitrogens is 1. The van der Waals surface area contributed by atoms with Crippen LogP contribution in [0.3, 0.4) is 0 Å². The Morgan fingerprint density at radius 2 is 1.60 bits per heavy atom. The molecule has 122 valence electrons. The second-order valence-electron chi connectivity index (χ2n) is 5.18. The fraction of sp³-hybridized carbons (Fsp3) is 0. The minimum Gasteiger partial charge on any atom is -0.463 e. The van der Waals surface area contributed by atoms with Gasteiger partial charge in [-0.3, -0.25) is 0 Å². The van der Waals surface area contributed by atoms with Gasteiger partial charge in [-0.2, -0.15) is 0 Å². The Labute approximate surface area is 148 Å². The predicted octanol–water partition coefficient (Wildman–Crippen LogP) is 6.56. The van der Waals surface area contributed by atoms with E-state index in [1.54, 1.807) is 6.26 Å². The van der Waals surface area contributed by atoms with Crippen LogP contribution in [0.1, 0.15) is 0 Å². The van der Waals surface area contributed by atoms with Crippen LogP contribution in [0, 0.1) is 0 Å². The Kier molecular flexibility index (Phi) is 4.35. The summed E-state index contributed by atoms with van der Waals surface area (Å²) < 4.78 is 5.49. The maximum Gasteiger partial charge on any atom is 0.189 e. The third kappa shape index (κ3) is 3.64. The lowest BCUT2D eigenvalue weighted by Gasteiger charge is -2.00. The first-order chi connectivity index (χ1) is 12.4. The van der Waals surface area contributed by atoms with E-state index in [9.17, 15) is 0 Å². The lowest BCUT2D eigenvalue weighted by molar-refractivity contribution is 0.580. The summed E-state index contributed by atoms with van der Waals surface area (Å²) in [6, 6.07) is 23.2. The third-order valence-electron chi connectivity index (χ3n) is 3.40. The molecule has 2 aromatic carbocycles. The summed E-state index contributed by atoms with van der Waals surface area (Å²) in [6.07, 6.45) is 1.62. The van der Waals surface area contributed by atoms with Crippen molar-refractivity contribution in [1.82, 2.24) is 4.98 Å². The van der Waals surface area contributed by atoms with Crippen LogP contribution in [0.5, 0.6) is 0 Å². The predicted molar refractivity (Wildman–Crippen MR) is 100 cm³/mol. The Hall–Kier alpha value is -3.25. The molecule has 0 aliphatic carbocycles. The maximum atomic E-state index is 5.49. The minimum atomic E-state index is 0.666. The zero-order chi connectivity index (χ0) is 16.9. The van der Waals surface area contributed by atoms with E-state index in [4.69, 9.17) is 4.42 Å². The highest BCUT2D eigenvalue weighted by Gasteiger charge is 2.15. The number of furan rings is 1. The first kappa shape index (κ1) is 15.3. The average molecular weight is 346 g/mol. The molecule has 0 aliphatic rings. The molecule has 0 spiro atoms. The van der Waals surface area contributed by atoms with Crippen molar-refractivity contribution in [3.8, 4) is 11.5 Å². The first-order valence-electron chi connectivity index (χ1n) is 7.72. The number of hydrogen-bond donors (Lipinski definition) is 1. The molecule has 0 atom stereocenters. The summed E-state index contributed by atoms with van der Waals surface area (Å²) in [5.74, 6) is 0.666. The van der Waals surface area contributed by atoms with Gasteiger partial charge < -0.3 is 9.73 Å².